The maximum absolute atomic E-state index is 12.7. The summed E-state index contributed by atoms with van der Waals surface area (Å²) < 4.78 is 7.24. The first-order valence-electron chi connectivity index (χ1n) is 8.84. The summed E-state index contributed by atoms with van der Waals surface area (Å²) >= 11 is 0. The summed E-state index contributed by atoms with van der Waals surface area (Å²) in [6.07, 6.45) is 0.834. The SMILES string of the molecule is CN1C(=O)CC(N2CCN(C(=O)c3cc4n(n3)CCCO4)CC2)NC1=O. The highest BCUT2D eigenvalue weighted by Gasteiger charge is 2.35. The van der Waals surface area contributed by atoms with E-state index in [4.69, 9.17) is 4.74 Å². The number of nitrogens with zero attached hydrogens (tertiary/aromatic N) is 5. The van der Waals surface area contributed by atoms with Gasteiger partial charge in [0.2, 0.25) is 11.8 Å². The van der Waals surface area contributed by atoms with Crippen molar-refractivity contribution in [3.05, 3.63) is 11.8 Å². The van der Waals surface area contributed by atoms with Crippen LogP contribution in [0, 0.1) is 0 Å². The number of imide groups is 1. The van der Waals surface area contributed by atoms with Gasteiger partial charge in [-0.15, -0.1) is 0 Å². The van der Waals surface area contributed by atoms with E-state index in [1.54, 1.807) is 15.6 Å². The van der Waals surface area contributed by atoms with Crippen LogP contribution in [0.4, 0.5) is 4.79 Å². The number of piperazine rings is 1. The zero-order valence-electron chi connectivity index (χ0n) is 14.7. The van der Waals surface area contributed by atoms with Crippen molar-refractivity contribution in [2.75, 3.05) is 39.8 Å². The van der Waals surface area contributed by atoms with E-state index in [1.807, 2.05) is 4.90 Å². The van der Waals surface area contributed by atoms with E-state index in [2.05, 4.69) is 10.4 Å². The minimum Gasteiger partial charge on any atom is -0.478 e. The minimum atomic E-state index is -0.381. The summed E-state index contributed by atoms with van der Waals surface area (Å²) in [4.78, 5) is 41.2. The second kappa shape index (κ2) is 6.60. The third kappa shape index (κ3) is 3.00. The predicted octanol–water partition coefficient (Wildman–Crippen LogP) is -0.679. The summed E-state index contributed by atoms with van der Waals surface area (Å²) in [7, 11) is 1.47. The van der Waals surface area contributed by atoms with E-state index in [0.717, 1.165) is 17.9 Å². The monoisotopic (exact) mass is 362 g/mol. The average molecular weight is 362 g/mol. The largest absolute Gasteiger partial charge is 0.478 e. The van der Waals surface area contributed by atoms with Crippen molar-refractivity contribution in [2.24, 2.45) is 0 Å². The molecule has 2 saturated heterocycles. The zero-order chi connectivity index (χ0) is 18.3. The van der Waals surface area contributed by atoms with Crippen molar-refractivity contribution in [2.45, 2.75) is 25.6 Å². The fraction of sp³-hybridized carbons (Fsp3) is 0.625. The predicted molar refractivity (Wildman–Crippen MR) is 89.5 cm³/mol. The maximum Gasteiger partial charge on any atom is 0.325 e. The molecule has 1 aromatic heterocycles. The Kier molecular flexibility index (Phi) is 4.27. The molecule has 4 rings (SSSR count). The Morgan fingerprint density at radius 2 is 2.00 bits per heavy atom. The van der Waals surface area contributed by atoms with Crippen molar-refractivity contribution >= 4 is 17.8 Å². The van der Waals surface area contributed by atoms with E-state index in [-0.39, 0.29) is 30.4 Å². The summed E-state index contributed by atoms with van der Waals surface area (Å²) in [5, 5.41) is 7.17. The molecule has 0 aromatic carbocycles. The van der Waals surface area contributed by atoms with Crippen LogP contribution in [0.5, 0.6) is 5.88 Å². The van der Waals surface area contributed by atoms with Gasteiger partial charge < -0.3 is 15.0 Å². The summed E-state index contributed by atoms with van der Waals surface area (Å²) in [5.74, 6) is 0.338. The van der Waals surface area contributed by atoms with Crippen molar-refractivity contribution in [3.63, 3.8) is 0 Å². The van der Waals surface area contributed by atoms with Crippen LogP contribution in [0.15, 0.2) is 6.07 Å². The molecule has 1 aromatic rings. The van der Waals surface area contributed by atoms with E-state index in [0.29, 0.717) is 44.4 Å². The number of carbonyl (C=O) groups excluding carboxylic acids is 3. The molecular weight excluding hydrogens is 340 g/mol. The molecule has 4 heterocycles. The Morgan fingerprint density at radius 1 is 1.23 bits per heavy atom. The number of hydrogen-bond acceptors (Lipinski definition) is 6. The lowest BCUT2D eigenvalue weighted by Crippen LogP contribution is -2.62. The molecule has 140 valence electrons. The zero-order valence-corrected chi connectivity index (χ0v) is 14.7. The maximum atomic E-state index is 12.7. The van der Waals surface area contributed by atoms with Gasteiger partial charge in [-0.25, -0.2) is 9.48 Å². The fourth-order valence-corrected chi connectivity index (χ4v) is 3.50. The number of urea groups is 1. The topological polar surface area (TPSA) is 100 Å². The van der Waals surface area contributed by atoms with Gasteiger partial charge in [-0.3, -0.25) is 19.4 Å². The van der Waals surface area contributed by atoms with Crippen LogP contribution in [0.2, 0.25) is 0 Å². The molecule has 26 heavy (non-hydrogen) atoms. The summed E-state index contributed by atoms with van der Waals surface area (Å²) in [5.41, 5.74) is 0.401. The van der Waals surface area contributed by atoms with Gasteiger partial charge >= 0.3 is 6.03 Å². The molecule has 1 N–H and O–H groups in total. The third-order valence-corrected chi connectivity index (χ3v) is 5.11. The van der Waals surface area contributed by atoms with Gasteiger partial charge in [0.05, 0.1) is 19.2 Å². The molecule has 4 amide bonds. The quantitative estimate of drug-likeness (QED) is 0.748. The summed E-state index contributed by atoms with van der Waals surface area (Å²) in [6, 6.07) is 1.32. The standard InChI is InChI=1S/C16H22N6O4/c1-19-13(23)10-12(17-16(19)25)20-4-6-21(7-5-20)15(24)11-9-14-22(18-11)3-2-8-26-14/h9,12H,2-8,10H2,1H3,(H,17,25). The molecule has 10 heteroatoms. The number of carbonyl (C=O) groups is 3. The average Bonchev–Trinajstić information content (AvgIpc) is 3.09. The highest BCUT2D eigenvalue weighted by Crippen LogP contribution is 2.20. The van der Waals surface area contributed by atoms with E-state index >= 15 is 0 Å². The van der Waals surface area contributed by atoms with Gasteiger partial charge in [0.15, 0.2) is 5.69 Å². The molecule has 3 aliphatic heterocycles. The number of nitrogens with one attached hydrogen (secondary N) is 1. The van der Waals surface area contributed by atoms with Gasteiger partial charge in [-0.2, -0.15) is 5.10 Å². The number of fused-ring (bicyclic) bond motifs is 1. The van der Waals surface area contributed by atoms with Crippen LogP contribution < -0.4 is 10.1 Å². The molecule has 0 aliphatic carbocycles. The Labute approximate surface area is 150 Å². The van der Waals surface area contributed by atoms with Crippen LogP contribution in [0.3, 0.4) is 0 Å². The molecule has 2 fully saturated rings. The Balaban J connectivity index is 1.36. The van der Waals surface area contributed by atoms with Crippen molar-refractivity contribution in [3.8, 4) is 5.88 Å². The number of amides is 4. The van der Waals surface area contributed by atoms with Crippen LogP contribution >= 0.6 is 0 Å². The van der Waals surface area contributed by atoms with Gasteiger partial charge in [0, 0.05) is 52.3 Å². The molecule has 10 nitrogen and oxygen atoms in total. The number of aromatic nitrogens is 2. The third-order valence-electron chi connectivity index (χ3n) is 5.11. The second-order valence-electron chi connectivity index (χ2n) is 6.74. The highest BCUT2D eigenvalue weighted by atomic mass is 16.5. The van der Waals surface area contributed by atoms with Crippen LogP contribution in [-0.2, 0) is 11.3 Å². The minimum absolute atomic E-state index is 0.112. The van der Waals surface area contributed by atoms with Crippen LogP contribution in [-0.4, -0.2) is 88.3 Å². The van der Waals surface area contributed by atoms with Gasteiger partial charge in [0.1, 0.15) is 0 Å². The number of rotatable bonds is 2. The lowest BCUT2D eigenvalue weighted by Gasteiger charge is -2.41. The molecule has 0 radical (unpaired) electrons. The Bertz CT molecular complexity index is 698. The lowest BCUT2D eigenvalue weighted by atomic mass is 10.2. The second-order valence-corrected chi connectivity index (χ2v) is 6.74. The highest BCUT2D eigenvalue weighted by molar-refractivity contribution is 5.96. The molecular formula is C16H22N6O4. The van der Waals surface area contributed by atoms with Crippen LogP contribution in [0.1, 0.15) is 23.3 Å². The van der Waals surface area contributed by atoms with Crippen molar-refractivity contribution in [1.29, 1.82) is 0 Å². The summed E-state index contributed by atoms with van der Waals surface area (Å²) in [6.45, 7) is 3.66. The Morgan fingerprint density at radius 3 is 2.69 bits per heavy atom. The van der Waals surface area contributed by atoms with Gasteiger partial charge in [0.25, 0.3) is 5.91 Å². The molecule has 3 aliphatic rings. The van der Waals surface area contributed by atoms with Crippen molar-refractivity contribution < 1.29 is 19.1 Å². The first-order valence-corrected chi connectivity index (χ1v) is 8.84. The molecule has 1 unspecified atom stereocenters. The van der Waals surface area contributed by atoms with Gasteiger partial charge in [-0.05, 0) is 0 Å². The van der Waals surface area contributed by atoms with E-state index < -0.39 is 0 Å². The van der Waals surface area contributed by atoms with Gasteiger partial charge in [-0.1, -0.05) is 0 Å². The molecule has 0 spiro atoms. The normalized spacial score (nSPS) is 24.1. The van der Waals surface area contributed by atoms with Crippen LogP contribution in [0.25, 0.3) is 0 Å². The number of ether oxygens (including phenoxy) is 1. The number of aryl methyl sites for hydroxylation is 1. The first-order chi connectivity index (χ1) is 12.5. The smallest absolute Gasteiger partial charge is 0.325 e. The molecule has 0 bridgehead atoms. The number of hydrogen-bond donors (Lipinski definition) is 1. The van der Waals surface area contributed by atoms with Crippen molar-refractivity contribution in [1.82, 2.24) is 29.8 Å². The molecule has 0 saturated carbocycles. The molecule has 1 atom stereocenters. The lowest BCUT2D eigenvalue weighted by molar-refractivity contribution is -0.130. The van der Waals surface area contributed by atoms with E-state index in [9.17, 15) is 14.4 Å². The fourth-order valence-electron chi connectivity index (χ4n) is 3.50. The first kappa shape index (κ1) is 16.8. The van der Waals surface area contributed by atoms with E-state index in [1.165, 1.54) is 7.05 Å². The Hall–Kier alpha value is -2.62.